The molecule has 4 rings (SSSR count). The van der Waals surface area contributed by atoms with Gasteiger partial charge >= 0.3 is 0 Å². The van der Waals surface area contributed by atoms with Crippen LogP contribution in [0.5, 0.6) is 0 Å². The maximum Gasteiger partial charge on any atom is 0.122 e. The number of aryl methyl sites for hydroxylation is 1. The second kappa shape index (κ2) is 7.14. The summed E-state index contributed by atoms with van der Waals surface area (Å²) < 4.78 is 8.45. The molecule has 2 unspecified atom stereocenters. The highest BCUT2D eigenvalue weighted by Gasteiger charge is 2.43. The summed E-state index contributed by atoms with van der Waals surface area (Å²) in [5.41, 5.74) is 1.17. The van der Waals surface area contributed by atoms with E-state index in [1.165, 1.54) is 12.8 Å². The smallest absolute Gasteiger partial charge is 0.122 e. The summed E-state index contributed by atoms with van der Waals surface area (Å²) in [6.07, 6.45) is 11.1. The average Bonchev–Trinajstić information content (AvgIpc) is 3.21. The standard InChI is InChI=1S/C19H27N5O/c1-23-10-8-21-18(23)13-24-9-2-5-19(15-24)11-16(14-25-19)12-22-17-3-6-20-7-4-17/h3-4,6-8,10,16H,2,5,9,11-15H2,1H3,(H,20,22). The van der Waals surface area contributed by atoms with Crippen LogP contribution in [0.3, 0.4) is 0 Å². The largest absolute Gasteiger partial charge is 0.385 e. The van der Waals surface area contributed by atoms with Gasteiger partial charge in [-0.2, -0.15) is 0 Å². The molecule has 2 aromatic heterocycles. The Morgan fingerprint density at radius 3 is 3.00 bits per heavy atom. The van der Waals surface area contributed by atoms with E-state index >= 15 is 0 Å². The van der Waals surface area contributed by atoms with Crippen molar-refractivity contribution in [3.8, 4) is 0 Å². The Kier molecular flexibility index (Phi) is 4.72. The first-order valence-corrected chi connectivity index (χ1v) is 9.19. The predicted octanol–water partition coefficient (Wildman–Crippen LogP) is 2.30. The minimum atomic E-state index is 0.0357. The number of imidazole rings is 1. The molecule has 6 heteroatoms. The molecule has 2 aromatic rings. The maximum atomic E-state index is 6.34. The molecule has 0 amide bonds. The van der Waals surface area contributed by atoms with E-state index < -0.39 is 0 Å². The second-order valence-corrected chi connectivity index (χ2v) is 7.45. The van der Waals surface area contributed by atoms with Crippen molar-refractivity contribution in [3.05, 3.63) is 42.7 Å². The van der Waals surface area contributed by atoms with Crippen LogP contribution < -0.4 is 5.32 Å². The van der Waals surface area contributed by atoms with Crippen LogP contribution >= 0.6 is 0 Å². The van der Waals surface area contributed by atoms with Gasteiger partial charge in [0.2, 0.25) is 0 Å². The lowest BCUT2D eigenvalue weighted by Crippen LogP contribution is -2.47. The molecule has 1 spiro atoms. The first kappa shape index (κ1) is 16.5. The molecule has 2 atom stereocenters. The Morgan fingerprint density at radius 1 is 1.32 bits per heavy atom. The monoisotopic (exact) mass is 341 g/mol. The fourth-order valence-electron chi connectivity index (χ4n) is 4.16. The zero-order valence-corrected chi connectivity index (χ0v) is 14.9. The number of likely N-dealkylation sites (tertiary alicyclic amines) is 1. The van der Waals surface area contributed by atoms with E-state index in [0.717, 1.165) is 50.7 Å². The fraction of sp³-hybridized carbons (Fsp3) is 0.579. The van der Waals surface area contributed by atoms with Crippen molar-refractivity contribution in [1.29, 1.82) is 0 Å². The van der Waals surface area contributed by atoms with Crippen molar-refractivity contribution in [2.24, 2.45) is 13.0 Å². The molecule has 2 aliphatic rings. The van der Waals surface area contributed by atoms with Crippen LogP contribution in [0.1, 0.15) is 25.1 Å². The van der Waals surface area contributed by atoms with E-state index in [1.54, 1.807) is 0 Å². The Labute approximate surface area is 149 Å². The van der Waals surface area contributed by atoms with Crippen molar-refractivity contribution in [2.75, 3.05) is 31.6 Å². The molecule has 0 saturated carbocycles. The minimum absolute atomic E-state index is 0.0357. The van der Waals surface area contributed by atoms with Crippen molar-refractivity contribution in [3.63, 3.8) is 0 Å². The number of nitrogens with zero attached hydrogens (tertiary/aromatic N) is 4. The number of hydrogen-bond donors (Lipinski definition) is 1. The summed E-state index contributed by atoms with van der Waals surface area (Å²) >= 11 is 0. The van der Waals surface area contributed by atoms with Gasteiger partial charge in [0.05, 0.1) is 18.8 Å². The van der Waals surface area contributed by atoms with Crippen LogP contribution in [0, 0.1) is 5.92 Å². The van der Waals surface area contributed by atoms with Crippen LogP contribution in [-0.2, 0) is 18.3 Å². The van der Waals surface area contributed by atoms with Gasteiger partial charge in [0, 0.05) is 56.5 Å². The summed E-state index contributed by atoms with van der Waals surface area (Å²) in [6, 6.07) is 4.03. The highest BCUT2D eigenvalue weighted by Crippen LogP contribution is 2.37. The lowest BCUT2D eigenvalue weighted by Gasteiger charge is -2.39. The number of piperidine rings is 1. The van der Waals surface area contributed by atoms with Gasteiger partial charge in [0.1, 0.15) is 5.82 Å². The van der Waals surface area contributed by atoms with E-state index in [2.05, 4.69) is 31.8 Å². The summed E-state index contributed by atoms with van der Waals surface area (Å²) in [5, 5.41) is 3.52. The Hall–Kier alpha value is -1.92. The maximum absolute atomic E-state index is 6.34. The second-order valence-electron chi connectivity index (χ2n) is 7.45. The molecule has 134 valence electrons. The number of anilines is 1. The van der Waals surface area contributed by atoms with Crippen LogP contribution in [0.15, 0.2) is 36.9 Å². The lowest BCUT2D eigenvalue weighted by molar-refractivity contribution is -0.0541. The molecule has 2 aliphatic heterocycles. The van der Waals surface area contributed by atoms with Crippen molar-refractivity contribution >= 4 is 5.69 Å². The van der Waals surface area contributed by atoms with Crippen molar-refractivity contribution in [2.45, 2.75) is 31.4 Å². The van der Waals surface area contributed by atoms with Gasteiger partial charge in [0.25, 0.3) is 0 Å². The molecule has 1 N–H and O–H groups in total. The summed E-state index contributed by atoms with van der Waals surface area (Å²) in [5.74, 6) is 1.70. The van der Waals surface area contributed by atoms with Gasteiger partial charge in [-0.25, -0.2) is 4.98 Å². The van der Waals surface area contributed by atoms with E-state index in [4.69, 9.17) is 4.74 Å². The molecule has 0 aliphatic carbocycles. The molecule has 2 saturated heterocycles. The van der Waals surface area contributed by atoms with Crippen LogP contribution in [-0.4, -0.2) is 51.3 Å². The van der Waals surface area contributed by atoms with Crippen LogP contribution in [0.4, 0.5) is 5.69 Å². The summed E-state index contributed by atoms with van der Waals surface area (Å²) in [6.45, 7) is 4.89. The lowest BCUT2D eigenvalue weighted by atomic mass is 9.86. The van der Waals surface area contributed by atoms with Gasteiger partial charge in [-0.15, -0.1) is 0 Å². The molecule has 25 heavy (non-hydrogen) atoms. The zero-order valence-electron chi connectivity index (χ0n) is 14.9. The SMILES string of the molecule is Cn1ccnc1CN1CCCC2(CC(CNc3ccncc3)CO2)C1. The van der Waals surface area contributed by atoms with Gasteiger partial charge in [0.15, 0.2) is 0 Å². The summed E-state index contributed by atoms with van der Waals surface area (Å²) in [4.78, 5) is 11.0. The van der Waals surface area contributed by atoms with E-state index in [0.29, 0.717) is 5.92 Å². The highest BCUT2D eigenvalue weighted by molar-refractivity contribution is 5.40. The van der Waals surface area contributed by atoms with Crippen molar-refractivity contribution in [1.82, 2.24) is 19.4 Å². The quantitative estimate of drug-likeness (QED) is 0.904. The normalized spacial score (nSPS) is 27.0. The third-order valence-corrected chi connectivity index (χ3v) is 5.47. The van der Waals surface area contributed by atoms with Gasteiger partial charge < -0.3 is 14.6 Å². The van der Waals surface area contributed by atoms with Crippen LogP contribution in [0.25, 0.3) is 0 Å². The third kappa shape index (κ3) is 3.85. The Morgan fingerprint density at radius 2 is 2.20 bits per heavy atom. The summed E-state index contributed by atoms with van der Waals surface area (Å²) in [7, 11) is 2.06. The third-order valence-electron chi connectivity index (χ3n) is 5.47. The molecule has 0 radical (unpaired) electrons. The Balaban J connectivity index is 1.32. The molecular formula is C19H27N5O. The minimum Gasteiger partial charge on any atom is -0.385 e. The van der Waals surface area contributed by atoms with Gasteiger partial charge in [-0.1, -0.05) is 0 Å². The number of nitrogens with one attached hydrogen (secondary N) is 1. The van der Waals surface area contributed by atoms with E-state index in [-0.39, 0.29) is 5.60 Å². The number of ether oxygens (including phenoxy) is 1. The molecular weight excluding hydrogens is 314 g/mol. The number of rotatable bonds is 5. The number of pyridine rings is 1. The Bertz CT molecular complexity index is 688. The molecule has 0 aromatic carbocycles. The van der Waals surface area contributed by atoms with E-state index in [9.17, 15) is 0 Å². The van der Waals surface area contributed by atoms with Crippen molar-refractivity contribution < 1.29 is 4.74 Å². The van der Waals surface area contributed by atoms with Gasteiger partial charge in [-0.05, 0) is 37.9 Å². The topological polar surface area (TPSA) is 55.2 Å². The molecule has 0 bridgehead atoms. The predicted molar refractivity (Wildman–Crippen MR) is 97.2 cm³/mol. The zero-order chi connectivity index (χ0) is 17.1. The average molecular weight is 341 g/mol. The number of hydrogen-bond acceptors (Lipinski definition) is 5. The first-order chi connectivity index (χ1) is 12.2. The molecule has 4 heterocycles. The first-order valence-electron chi connectivity index (χ1n) is 9.19. The molecule has 2 fully saturated rings. The van der Waals surface area contributed by atoms with Gasteiger partial charge in [-0.3, -0.25) is 9.88 Å². The van der Waals surface area contributed by atoms with E-state index in [1.807, 2.05) is 36.9 Å². The molecule has 6 nitrogen and oxygen atoms in total. The highest BCUT2D eigenvalue weighted by atomic mass is 16.5. The fourth-order valence-corrected chi connectivity index (χ4v) is 4.16. The van der Waals surface area contributed by atoms with Crippen LogP contribution in [0.2, 0.25) is 0 Å². The number of aromatic nitrogens is 3.